The van der Waals surface area contributed by atoms with Crippen molar-refractivity contribution < 1.29 is 22.1 Å². The van der Waals surface area contributed by atoms with Crippen molar-refractivity contribution in [3.05, 3.63) is 29.8 Å². The molecule has 0 aromatic heterocycles. The van der Waals surface area contributed by atoms with E-state index < -0.39 is 10.1 Å². The van der Waals surface area contributed by atoms with Gasteiger partial charge in [-0.15, -0.1) is 0 Å². The molecule has 1 saturated carbocycles. The highest BCUT2D eigenvalue weighted by atomic mass is 32.2. The molecule has 0 bridgehead atoms. The topological polar surface area (TPSA) is 69.7 Å². The molecule has 0 spiro atoms. The molecular formula is C14H18O5S. The third-order valence-electron chi connectivity index (χ3n) is 3.54. The highest BCUT2D eigenvalue weighted by Crippen LogP contribution is 2.35. The Morgan fingerprint density at radius 2 is 1.85 bits per heavy atom. The van der Waals surface area contributed by atoms with Crippen LogP contribution in [0.3, 0.4) is 0 Å². The van der Waals surface area contributed by atoms with Crippen molar-refractivity contribution in [1.82, 2.24) is 0 Å². The number of benzene rings is 1. The zero-order chi connectivity index (χ0) is 14.8. The number of methoxy groups -OCH3 is 1. The molecular weight excluding hydrogens is 280 g/mol. The van der Waals surface area contributed by atoms with Gasteiger partial charge < -0.3 is 4.74 Å². The fourth-order valence-corrected chi connectivity index (χ4v) is 3.17. The summed E-state index contributed by atoms with van der Waals surface area (Å²) in [5.74, 6) is -0.252. The van der Waals surface area contributed by atoms with Crippen LogP contribution in [0.4, 0.5) is 0 Å². The summed E-state index contributed by atoms with van der Waals surface area (Å²) in [7, 11) is -2.35. The van der Waals surface area contributed by atoms with Crippen LogP contribution in [0.1, 0.15) is 18.4 Å². The van der Waals surface area contributed by atoms with Gasteiger partial charge in [-0.1, -0.05) is 17.7 Å². The van der Waals surface area contributed by atoms with E-state index >= 15 is 0 Å². The Bertz CT molecular complexity index is 570. The normalized spacial score (nSPS) is 22.1. The van der Waals surface area contributed by atoms with Crippen molar-refractivity contribution in [2.75, 3.05) is 13.7 Å². The van der Waals surface area contributed by atoms with Crippen LogP contribution < -0.4 is 0 Å². The maximum atomic E-state index is 11.9. The van der Waals surface area contributed by atoms with E-state index in [-0.39, 0.29) is 29.3 Å². The number of carbonyl (C=O) groups is 1. The van der Waals surface area contributed by atoms with Crippen LogP contribution in [0.25, 0.3) is 0 Å². The Morgan fingerprint density at radius 3 is 2.40 bits per heavy atom. The van der Waals surface area contributed by atoms with Gasteiger partial charge in [0.05, 0.1) is 24.5 Å². The van der Waals surface area contributed by atoms with Gasteiger partial charge in [-0.3, -0.25) is 8.98 Å². The van der Waals surface area contributed by atoms with Gasteiger partial charge in [0.2, 0.25) is 0 Å². The van der Waals surface area contributed by atoms with Crippen LogP contribution in [0.5, 0.6) is 0 Å². The number of rotatable bonds is 5. The molecule has 5 nitrogen and oxygen atoms in total. The van der Waals surface area contributed by atoms with Crippen molar-refractivity contribution in [3.63, 3.8) is 0 Å². The molecule has 1 aromatic rings. The molecule has 110 valence electrons. The predicted molar refractivity (Wildman–Crippen MR) is 72.5 cm³/mol. The van der Waals surface area contributed by atoms with Crippen molar-refractivity contribution >= 4 is 16.1 Å². The zero-order valence-corrected chi connectivity index (χ0v) is 12.4. The summed E-state index contributed by atoms with van der Waals surface area (Å²) >= 11 is 0. The molecule has 20 heavy (non-hydrogen) atoms. The predicted octanol–water partition coefficient (Wildman–Crippen LogP) is 1.90. The lowest BCUT2D eigenvalue weighted by Crippen LogP contribution is -2.34. The number of ether oxygens (including phenoxy) is 1. The summed E-state index contributed by atoms with van der Waals surface area (Å²) in [5.41, 5.74) is 0.990. The largest absolute Gasteiger partial charge is 0.469 e. The third-order valence-corrected chi connectivity index (χ3v) is 4.83. The monoisotopic (exact) mass is 298 g/mol. The van der Waals surface area contributed by atoms with Gasteiger partial charge in [0.15, 0.2) is 0 Å². The molecule has 0 saturated heterocycles. The van der Waals surface area contributed by atoms with Gasteiger partial charge in [-0.25, -0.2) is 0 Å². The first-order valence-electron chi connectivity index (χ1n) is 6.46. The lowest BCUT2D eigenvalue weighted by molar-refractivity contribution is -0.150. The van der Waals surface area contributed by atoms with Gasteiger partial charge in [0.25, 0.3) is 10.1 Å². The molecule has 1 aliphatic rings. The smallest absolute Gasteiger partial charge is 0.308 e. The summed E-state index contributed by atoms with van der Waals surface area (Å²) in [6.07, 6.45) is 1.24. The van der Waals surface area contributed by atoms with Crippen LogP contribution in [0, 0.1) is 18.8 Å². The maximum Gasteiger partial charge on any atom is 0.308 e. The first-order valence-corrected chi connectivity index (χ1v) is 7.87. The number of hydrogen-bond acceptors (Lipinski definition) is 5. The second-order valence-corrected chi connectivity index (χ2v) is 6.72. The Hall–Kier alpha value is -1.40. The fourth-order valence-electron chi connectivity index (χ4n) is 2.19. The highest BCUT2D eigenvalue weighted by Gasteiger charge is 2.36. The van der Waals surface area contributed by atoms with E-state index in [1.807, 2.05) is 6.92 Å². The Kier molecular flexibility index (Phi) is 4.45. The second-order valence-electron chi connectivity index (χ2n) is 5.11. The quantitative estimate of drug-likeness (QED) is 0.613. The van der Waals surface area contributed by atoms with Gasteiger partial charge >= 0.3 is 5.97 Å². The number of carbonyl (C=O) groups excluding carboxylic acids is 1. The molecule has 6 heteroatoms. The summed E-state index contributed by atoms with van der Waals surface area (Å²) in [6.45, 7) is 2.00. The number of aryl methyl sites for hydroxylation is 1. The van der Waals surface area contributed by atoms with E-state index in [2.05, 4.69) is 4.74 Å². The molecule has 0 heterocycles. The molecule has 0 amide bonds. The van der Waals surface area contributed by atoms with Gasteiger partial charge in [0, 0.05) is 0 Å². The average molecular weight is 298 g/mol. The first kappa shape index (κ1) is 15.0. The molecule has 0 aliphatic heterocycles. The Labute approximate surface area is 119 Å². The average Bonchev–Trinajstić information content (AvgIpc) is 2.36. The van der Waals surface area contributed by atoms with Crippen molar-refractivity contribution in [2.24, 2.45) is 11.8 Å². The second kappa shape index (κ2) is 5.93. The molecule has 2 rings (SSSR count). The van der Waals surface area contributed by atoms with Crippen LogP contribution in [0.15, 0.2) is 29.2 Å². The molecule has 1 aliphatic carbocycles. The van der Waals surface area contributed by atoms with Crippen molar-refractivity contribution in [1.29, 1.82) is 0 Å². The van der Waals surface area contributed by atoms with Crippen LogP contribution in [-0.4, -0.2) is 28.1 Å². The SMILES string of the molecule is COC(=O)C1CC(COS(=O)(=O)c2ccc(C)cc2)C1. The summed E-state index contributed by atoms with van der Waals surface area (Å²) in [6, 6.07) is 6.52. The van der Waals surface area contributed by atoms with Crippen LogP contribution in [-0.2, 0) is 23.8 Å². The maximum absolute atomic E-state index is 11.9. The molecule has 0 radical (unpaired) electrons. The molecule has 0 N–H and O–H groups in total. The van der Waals surface area contributed by atoms with Crippen molar-refractivity contribution in [2.45, 2.75) is 24.7 Å². The van der Waals surface area contributed by atoms with Crippen LogP contribution in [0.2, 0.25) is 0 Å². The third kappa shape index (κ3) is 3.37. The van der Waals surface area contributed by atoms with Gasteiger partial charge in [0.1, 0.15) is 0 Å². The lowest BCUT2D eigenvalue weighted by atomic mass is 9.75. The molecule has 0 unspecified atom stereocenters. The zero-order valence-electron chi connectivity index (χ0n) is 11.5. The summed E-state index contributed by atoms with van der Waals surface area (Å²) < 4.78 is 33.6. The summed E-state index contributed by atoms with van der Waals surface area (Å²) in [4.78, 5) is 11.4. The van der Waals surface area contributed by atoms with Gasteiger partial charge in [-0.05, 0) is 37.8 Å². The van der Waals surface area contributed by atoms with Crippen molar-refractivity contribution in [3.8, 4) is 0 Å². The molecule has 0 atom stereocenters. The molecule has 1 fully saturated rings. The minimum absolute atomic E-state index is 0.0966. The first-order chi connectivity index (χ1) is 9.42. The molecule has 1 aromatic carbocycles. The van der Waals surface area contributed by atoms with E-state index in [0.717, 1.165) is 5.56 Å². The minimum atomic E-state index is -3.71. The fraction of sp³-hybridized carbons (Fsp3) is 0.500. The van der Waals surface area contributed by atoms with E-state index in [4.69, 9.17) is 4.18 Å². The Morgan fingerprint density at radius 1 is 1.25 bits per heavy atom. The minimum Gasteiger partial charge on any atom is -0.469 e. The number of hydrogen-bond donors (Lipinski definition) is 0. The standard InChI is InChI=1S/C14H18O5S/c1-10-3-5-13(6-4-10)20(16,17)19-9-11-7-12(8-11)14(15)18-2/h3-6,11-12H,7-9H2,1-2H3. The number of esters is 1. The van der Waals surface area contributed by atoms with E-state index in [9.17, 15) is 13.2 Å². The van der Waals surface area contributed by atoms with Gasteiger partial charge in [-0.2, -0.15) is 8.42 Å². The van der Waals surface area contributed by atoms with E-state index in [1.165, 1.54) is 19.2 Å². The van der Waals surface area contributed by atoms with Crippen LogP contribution >= 0.6 is 0 Å². The summed E-state index contributed by atoms with van der Waals surface area (Å²) in [5, 5.41) is 0. The Balaban J connectivity index is 1.85. The highest BCUT2D eigenvalue weighted by molar-refractivity contribution is 7.86. The van der Waals surface area contributed by atoms with E-state index in [0.29, 0.717) is 12.8 Å². The lowest BCUT2D eigenvalue weighted by Gasteiger charge is -2.32. The van der Waals surface area contributed by atoms with E-state index in [1.54, 1.807) is 12.1 Å².